The highest BCUT2D eigenvalue weighted by molar-refractivity contribution is 5.93. The quantitative estimate of drug-likeness (QED) is 0.401. The third-order valence-electron chi connectivity index (χ3n) is 5.96. The van der Waals surface area contributed by atoms with E-state index >= 15 is 0 Å². The molecule has 0 radical (unpaired) electrons. The SMILES string of the molecule is COC.FC1(F)CCCCC1.O=C(NCc1cn2ncc(CN3CC(F)(F)CNC3=O)cc2n1)c1nonc1C(F)F. The summed E-state index contributed by atoms with van der Waals surface area (Å²) in [6.45, 7) is -1.65. The molecule has 0 aromatic carbocycles. The molecule has 3 aromatic rings. The lowest BCUT2D eigenvalue weighted by atomic mass is 9.97. The number of imidazole rings is 1. The van der Waals surface area contributed by atoms with Gasteiger partial charge in [-0.25, -0.2) is 45.3 Å². The summed E-state index contributed by atoms with van der Waals surface area (Å²) in [5, 5.41) is 14.8. The van der Waals surface area contributed by atoms with Gasteiger partial charge in [0.05, 0.1) is 37.7 Å². The van der Waals surface area contributed by atoms with Crippen LogP contribution in [0.1, 0.15) is 66.0 Å². The van der Waals surface area contributed by atoms with Crippen molar-refractivity contribution >= 4 is 17.6 Å². The van der Waals surface area contributed by atoms with Gasteiger partial charge in [0, 0.05) is 33.6 Å². The Balaban J connectivity index is 0.000000372. The fraction of sp³-hybridized carbons (Fsp3) is 0.583. The number of rotatable bonds is 6. The first-order valence-electron chi connectivity index (χ1n) is 12.7. The molecule has 1 saturated carbocycles. The van der Waals surface area contributed by atoms with Crippen LogP contribution in [-0.4, -0.2) is 80.9 Å². The molecular weight excluding hydrogens is 578 g/mol. The van der Waals surface area contributed by atoms with Crippen molar-refractivity contribution in [2.45, 2.75) is 63.5 Å². The number of ether oxygens (including phenoxy) is 1. The van der Waals surface area contributed by atoms with Crippen molar-refractivity contribution in [3.8, 4) is 0 Å². The molecule has 0 atom stereocenters. The largest absolute Gasteiger partial charge is 0.388 e. The van der Waals surface area contributed by atoms with Crippen LogP contribution in [-0.2, 0) is 17.8 Å². The molecule has 18 heteroatoms. The zero-order chi connectivity index (χ0) is 30.9. The third kappa shape index (κ3) is 9.28. The summed E-state index contributed by atoms with van der Waals surface area (Å²) in [6, 6.07) is 0.942. The van der Waals surface area contributed by atoms with E-state index in [1.165, 1.54) is 16.9 Å². The lowest BCUT2D eigenvalue weighted by molar-refractivity contribution is -0.0368. The number of nitrogens with one attached hydrogen (secondary N) is 2. The second kappa shape index (κ2) is 14.3. The summed E-state index contributed by atoms with van der Waals surface area (Å²) in [4.78, 5) is 29.0. The maximum atomic E-state index is 13.5. The zero-order valence-electron chi connectivity index (χ0n) is 22.8. The van der Waals surface area contributed by atoms with Gasteiger partial charge in [0.1, 0.15) is 0 Å². The normalized spacial score (nSPS) is 17.5. The molecule has 3 aromatic heterocycles. The van der Waals surface area contributed by atoms with E-state index in [4.69, 9.17) is 0 Å². The minimum absolute atomic E-state index is 0.0978. The number of carbonyl (C=O) groups excluding carboxylic acids is 2. The van der Waals surface area contributed by atoms with Crippen molar-refractivity contribution in [2.24, 2.45) is 0 Å². The minimum Gasteiger partial charge on any atom is -0.388 e. The number of methoxy groups -OCH3 is 1. The van der Waals surface area contributed by atoms with Crippen molar-refractivity contribution in [1.82, 2.24) is 40.4 Å². The third-order valence-corrected chi connectivity index (χ3v) is 5.96. The second-order valence-electron chi connectivity index (χ2n) is 9.58. The number of carbonyl (C=O) groups is 2. The summed E-state index contributed by atoms with van der Waals surface area (Å²) in [5.74, 6) is -6.27. The van der Waals surface area contributed by atoms with Gasteiger partial charge in [0.2, 0.25) is 11.6 Å². The van der Waals surface area contributed by atoms with Crippen LogP contribution < -0.4 is 10.6 Å². The molecule has 232 valence electrons. The molecule has 1 aliphatic carbocycles. The standard InChI is InChI=1S/C16H14F4N8O3.C6H10F2.C2H6O/c17-13(18)11-12(26-31-25-11)14(29)21-3-9-5-28-10(24-9)1-8(2-23-28)4-27-7-16(19,20)6-22-15(27)30;7-6(8)4-2-1-3-5-6;1-3-2/h1-2,5,13H,3-4,6-7H2,(H,21,29)(H,22,30);1-5H2;1-2H3. The lowest BCUT2D eigenvalue weighted by Gasteiger charge is -2.32. The van der Waals surface area contributed by atoms with Crippen LogP contribution in [0.4, 0.5) is 31.1 Å². The van der Waals surface area contributed by atoms with Gasteiger partial charge in [-0.2, -0.15) is 5.10 Å². The molecule has 1 saturated heterocycles. The van der Waals surface area contributed by atoms with Crippen LogP contribution in [0, 0.1) is 0 Å². The summed E-state index contributed by atoms with van der Waals surface area (Å²) in [6.07, 6.45) is 2.52. The number of hydrogen-bond acceptors (Lipinski definition) is 8. The number of amides is 3. The average Bonchev–Trinajstić information content (AvgIpc) is 3.57. The fourth-order valence-electron chi connectivity index (χ4n) is 4.03. The van der Waals surface area contributed by atoms with E-state index in [1.807, 2.05) is 0 Å². The second-order valence-corrected chi connectivity index (χ2v) is 9.58. The predicted octanol–water partition coefficient (Wildman–Crippen LogP) is 3.99. The highest BCUT2D eigenvalue weighted by atomic mass is 19.3. The van der Waals surface area contributed by atoms with Gasteiger partial charge in [-0.3, -0.25) is 4.79 Å². The molecule has 5 rings (SSSR count). The van der Waals surface area contributed by atoms with E-state index in [-0.39, 0.29) is 25.9 Å². The number of halogens is 6. The smallest absolute Gasteiger partial charge is 0.318 e. The Hall–Kier alpha value is -3.96. The van der Waals surface area contributed by atoms with E-state index in [9.17, 15) is 35.9 Å². The van der Waals surface area contributed by atoms with E-state index in [0.29, 0.717) is 29.7 Å². The zero-order valence-corrected chi connectivity index (χ0v) is 22.8. The molecule has 0 unspecified atom stereocenters. The van der Waals surface area contributed by atoms with Gasteiger partial charge >= 0.3 is 6.03 Å². The highest BCUT2D eigenvalue weighted by Gasteiger charge is 2.38. The molecule has 42 heavy (non-hydrogen) atoms. The van der Waals surface area contributed by atoms with Crippen molar-refractivity contribution in [2.75, 3.05) is 27.3 Å². The average molecular weight is 609 g/mol. The maximum Gasteiger partial charge on any atom is 0.318 e. The summed E-state index contributed by atoms with van der Waals surface area (Å²) < 4.78 is 86.8. The lowest BCUT2D eigenvalue weighted by Crippen LogP contribution is -2.56. The Morgan fingerprint density at radius 2 is 1.83 bits per heavy atom. The molecule has 12 nitrogen and oxygen atoms in total. The summed E-state index contributed by atoms with van der Waals surface area (Å²) >= 11 is 0. The number of nitrogens with zero attached hydrogens (tertiary/aromatic N) is 6. The molecule has 2 aliphatic rings. The van der Waals surface area contributed by atoms with Crippen molar-refractivity contribution in [3.63, 3.8) is 0 Å². The molecule has 2 N–H and O–H groups in total. The first-order chi connectivity index (χ1) is 19.8. The number of fused-ring (bicyclic) bond motifs is 1. The fourth-order valence-corrected chi connectivity index (χ4v) is 4.03. The van der Waals surface area contributed by atoms with Gasteiger partial charge in [-0.05, 0) is 34.8 Å². The molecule has 2 fully saturated rings. The monoisotopic (exact) mass is 608 g/mol. The Morgan fingerprint density at radius 3 is 2.45 bits per heavy atom. The first kappa shape index (κ1) is 32.6. The van der Waals surface area contributed by atoms with E-state index in [0.717, 1.165) is 11.3 Å². The minimum atomic E-state index is -3.03. The summed E-state index contributed by atoms with van der Waals surface area (Å²) in [5.41, 5.74) is -0.351. The molecule has 3 amide bonds. The van der Waals surface area contributed by atoms with E-state index < -0.39 is 54.7 Å². The number of hydrogen-bond donors (Lipinski definition) is 2. The van der Waals surface area contributed by atoms with Crippen LogP contribution in [0.25, 0.3) is 5.65 Å². The van der Waals surface area contributed by atoms with Crippen molar-refractivity contribution in [1.29, 1.82) is 0 Å². The Labute approximate surface area is 235 Å². The molecule has 4 heterocycles. The van der Waals surface area contributed by atoms with Crippen LogP contribution in [0.5, 0.6) is 0 Å². The van der Waals surface area contributed by atoms with Gasteiger partial charge in [-0.15, -0.1) is 0 Å². The van der Waals surface area contributed by atoms with Crippen LogP contribution in [0.15, 0.2) is 23.1 Å². The van der Waals surface area contributed by atoms with Gasteiger partial charge in [-0.1, -0.05) is 6.42 Å². The summed E-state index contributed by atoms with van der Waals surface area (Å²) in [7, 11) is 3.25. The topological polar surface area (TPSA) is 140 Å². The van der Waals surface area contributed by atoms with E-state index in [1.54, 1.807) is 20.3 Å². The molecule has 0 bridgehead atoms. The Kier molecular flexibility index (Phi) is 11.1. The van der Waals surface area contributed by atoms with Crippen LogP contribution in [0.2, 0.25) is 0 Å². The maximum absolute atomic E-state index is 13.5. The number of aromatic nitrogens is 5. The van der Waals surface area contributed by atoms with Crippen LogP contribution >= 0.6 is 0 Å². The van der Waals surface area contributed by atoms with E-state index in [2.05, 4.69) is 40.4 Å². The molecule has 0 spiro atoms. The van der Waals surface area contributed by atoms with Crippen LogP contribution in [0.3, 0.4) is 0 Å². The van der Waals surface area contributed by atoms with Gasteiger partial charge in [0.15, 0.2) is 11.3 Å². The first-order valence-corrected chi connectivity index (χ1v) is 12.7. The number of alkyl halides is 6. The highest BCUT2D eigenvalue weighted by Crippen LogP contribution is 2.32. The molecule has 1 aliphatic heterocycles. The van der Waals surface area contributed by atoms with Crippen molar-refractivity contribution < 1.29 is 45.3 Å². The Bertz CT molecular complexity index is 1330. The van der Waals surface area contributed by atoms with Gasteiger partial charge in [0.25, 0.3) is 18.3 Å². The van der Waals surface area contributed by atoms with Crippen molar-refractivity contribution in [3.05, 3.63) is 41.1 Å². The predicted molar refractivity (Wildman–Crippen MR) is 133 cm³/mol. The Morgan fingerprint density at radius 1 is 1.14 bits per heavy atom. The number of urea groups is 1. The van der Waals surface area contributed by atoms with Gasteiger partial charge < -0.3 is 20.3 Å². The molecular formula is C24H30F6N8O4.